The largest absolute Gasteiger partial charge is 0.496 e. The number of carbonyl (C=O) groups excluding carboxylic acids is 2. The third kappa shape index (κ3) is 5.53. The molecule has 0 N–H and O–H groups in total. The minimum atomic E-state index is -1.62. The number of aromatic nitrogens is 1. The van der Waals surface area contributed by atoms with Crippen LogP contribution in [0.25, 0.3) is 0 Å². The summed E-state index contributed by atoms with van der Waals surface area (Å²) in [6, 6.07) is 1.41. The fraction of sp³-hybridized carbons (Fsp3) is 0.611. The number of hydrogen-bond acceptors (Lipinski definition) is 7. The number of carbonyl (C=O) groups is 2. The molecule has 0 spiro atoms. The predicted molar refractivity (Wildman–Crippen MR) is 93.4 cm³/mol. The van der Waals surface area contributed by atoms with E-state index in [4.69, 9.17) is 14.2 Å². The van der Waals surface area contributed by atoms with E-state index >= 15 is 0 Å². The average Bonchev–Trinajstić information content (AvgIpc) is 2.57. The van der Waals surface area contributed by atoms with Crippen molar-refractivity contribution in [3.63, 3.8) is 0 Å². The predicted octanol–water partition coefficient (Wildman–Crippen LogP) is 2.35. The molecule has 0 radical (unpaired) electrons. The lowest BCUT2D eigenvalue weighted by Crippen LogP contribution is -2.55. The highest BCUT2D eigenvalue weighted by Gasteiger charge is 2.42. The van der Waals surface area contributed by atoms with E-state index in [0.29, 0.717) is 11.3 Å². The molecule has 1 aromatic rings. The van der Waals surface area contributed by atoms with Gasteiger partial charge in [-0.15, -0.1) is 0 Å². The molecule has 1 aliphatic rings. The number of methoxy groups -OCH3 is 2. The second-order valence-corrected chi connectivity index (χ2v) is 7.35. The lowest BCUT2D eigenvalue weighted by atomic mass is 10.0. The molecule has 0 atom stereocenters. The number of esters is 1. The molecule has 8 nitrogen and oxygen atoms in total. The maximum absolute atomic E-state index is 14.6. The van der Waals surface area contributed by atoms with E-state index in [2.05, 4.69) is 9.72 Å². The van der Waals surface area contributed by atoms with Crippen molar-refractivity contribution in [3.05, 3.63) is 23.5 Å². The van der Waals surface area contributed by atoms with Gasteiger partial charge in [0.05, 0.1) is 40.5 Å². The molecule has 2 rings (SSSR count). The van der Waals surface area contributed by atoms with Crippen molar-refractivity contribution in [1.29, 1.82) is 0 Å². The molecule has 0 aliphatic carbocycles. The Morgan fingerprint density at radius 1 is 1.33 bits per heavy atom. The first-order valence-corrected chi connectivity index (χ1v) is 8.43. The Labute approximate surface area is 157 Å². The molecule has 1 aromatic heterocycles. The van der Waals surface area contributed by atoms with Gasteiger partial charge in [0.15, 0.2) is 11.4 Å². The first kappa shape index (κ1) is 20.9. The first-order chi connectivity index (χ1) is 12.6. The fourth-order valence-corrected chi connectivity index (χ4v) is 2.46. The lowest BCUT2D eigenvalue weighted by molar-refractivity contribution is -0.140. The smallest absolute Gasteiger partial charge is 0.410 e. The molecule has 1 amide bonds. The van der Waals surface area contributed by atoms with Crippen LogP contribution < -0.4 is 4.74 Å². The third-order valence-electron chi connectivity index (χ3n) is 3.77. The van der Waals surface area contributed by atoms with Crippen molar-refractivity contribution in [1.82, 2.24) is 9.88 Å². The molecule has 9 heteroatoms. The molecule has 0 unspecified atom stereocenters. The maximum Gasteiger partial charge on any atom is 0.410 e. The van der Waals surface area contributed by atoms with Gasteiger partial charge in [0.25, 0.3) is 0 Å². The van der Waals surface area contributed by atoms with Crippen LogP contribution in [0.5, 0.6) is 5.75 Å². The van der Waals surface area contributed by atoms with E-state index in [1.807, 2.05) is 0 Å². The molecule has 0 saturated carbocycles. The van der Waals surface area contributed by atoms with Crippen LogP contribution in [0.15, 0.2) is 12.3 Å². The van der Waals surface area contributed by atoms with Crippen LogP contribution >= 0.6 is 0 Å². The molecule has 1 aliphatic heterocycles. The van der Waals surface area contributed by atoms with E-state index < -0.39 is 23.3 Å². The number of halogens is 1. The summed E-state index contributed by atoms with van der Waals surface area (Å²) in [6.07, 6.45) is 0.732. The van der Waals surface area contributed by atoms with Gasteiger partial charge in [-0.05, 0) is 20.8 Å². The van der Waals surface area contributed by atoms with Gasteiger partial charge in [-0.25, -0.2) is 19.0 Å². The molecule has 150 valence electrons. The van der Waals surface area contributed by atoms with Crippen molar-refractivity contribution in [2.75, 3.05) is 34.0 Å². The zero-order valence-corrected chi connectivity index (χ0v) is 16.2. The van der Waals surface area contributed by atoms with E-state index in [-0.39, 0.29) is 32.0 Å². The zero-order valence-electron chi connectivity index (χ0n) is 16.2. The van der Waals surface area contributed by atoms with Crippen molar-refractivity contribution in [3.8, 4) is 5.75 Å². The van der Waals surface area contributed by atoms with Crippen LogP contribution in [-0.4, -0.2) is 67.2 Å². The summed E-state index contributed by atoms with van der Waals surface area (Å²) in [7, 11) is 2.67. The number of alkyl halides is 1. The Kier molecular flexibility index (Phi) is 6.25. The second kappa shape index (κ2) is 8.08. The molecule has 0 aromatic carbocycles. The van der Waals surface area contributed by atoms with Crippen LogP contribution in [0.2, 0.25) is 0 Å². The zero-order chi connectivity index (χ0) is 20.2. The van der Waals surface area contributed by atoms with Gasteiger partial charge in [-0.3, -0.25) is 0 Å². The van der Waals surface area contributed by atoms with Gasteiger partial charge in [0.1, 0.15) is 11.4 Å². The number of ether oxygens (including phenoxy) is 4. The van der Waals surface area contributed by atoms with Crippen LogP contribution in [-0.2, 0) is 20.8 Å². The molecule has 0 bridgehead atoms. The Bertz CT molecular complexity index is 700. The standard InChI is InChI=1S/C18H25FN2O6/c1-17(2,3)27-16(23)21(9-18(19)10-26-11-18)8-12-7-20-13(15(22)25-5)6-14(12)24-4/h6-7H,8-11H2,1-5H3. The van der Waals surface area contributed by atoms with Crippen LogP contribution in [0.4, 0.5) is 9.18 Å². The van der Waals surface area contributed by atoms with Crippen molar-refractivity contribution in [2.24, 2.45) is 0 Å². The van der Waals surface area contributed by atoms with Crippen molar-refractivity contribution < 1.29 is 32.9 Å². The number of amides is 1. The summed E-state index contributed by atoms with van der Waals surface area (Å²) < 4.78 is 34.8. The highest BCUT2D eigenvalue weighted by Crippen LogP contribution is 2.27. The number of nitrogens with zero attached hydrogens (tertiary/aromatic N) is 2. The first-order valence-electron chi connectivity index (χ1n) is 8.43. The molecule has 2 heterocycles. The van der Waals surface area contributed by atoms with Gasteiger partial charge in [-0.1, -0.05) is 0 Å². The van der Waals surface area contributed by atoms with Crippen LogP contribution in [0, 0.1) is 0 Å². The number of hydrogen-bond donors (Lipinski definition) is 0. The molecule has 1 saturated heterocycles. The third-order valence-corrected chi connectivity index (χ3v) is 3.77. The van der Waals surface area contributed by atoms with Gasteiger partial charge in [0.2, 0.25) is 0 Å². The number of pyridine rings is 1. The minimum Gasteiger partial charge on any atom is -0.496 e. The van der Waals surface area contributed by atoms with Gasteiger partial charge >= 0.3 is 12.1 Å². The summed E-state index contributed by atoms with van der Waals surface area (Å²) in [5, 5.41) is 0. The monoisotopic (exact) mass is 384 g/mol. The van der Waals surface area contributed by atoms with Crippen LogP contribution in [0.3, 0.4) is 0 Å². The summed E-state index contributed by atoms with van der Waals surface area (Å²) in [5.74, 6) is -0.282. The summed E-state index contributed by atoms with van der Waals surface area (Å²) in [5.41, 5.74) is -1.79. The normalized spacial score (nSPS) is 15.5. The van der Waals surface area contributed by atoms with Crippen molar-refractivity contribution in [2.45, 2.75) is 38.6 Å². The van der Waals surface area contributed by atoms with E-state index in [0.717, 1.165) is 0 Å². The van der Waals surface area contributed by atoms with E-state index in [1.54, 1.807) is 20.8 Å². The van der Waals surface area contributed by atoms with E-state index in [9.17, 15) is 14.0 Å². The highest BCUT2D eigenvalue weighted by atomic mass is 19.1. The Balaban J connectivity index is 2.25. The molecular weight excluding hydrogens is 359 g/mol. The topological polar surface area (TPSA) is 87.2 Å². The molecular formula is C18H25FN2O6. The van der Waals surface area contributed by atoms with Gasteiger partial charge in [0, 0.05) is 17.8 Å². The van der Waals surface area contributed by atoms with Gasteiger partial charge in [-0.2, -0.15) is 0 Å². The Morgan fingerprint density at radius 2 is 2.00 bits per heavy atom. The molecule has 1 fully saturated rings. The Hall–Kier alpha value is -2.42. The minimum absolute atomic E-state index is 0.00178. The summed E-state index contributed by atoms with van der Waals surface area (Å²) in [4.78, 5) is 29.5. The quantitative estimate of drug-likeness (QED) is 0.696. The summed E-state index contributed by atoms with van der Waals surface area (Å²) >= 11 is 0. The van der Waals surface area contributed by atoms with Crippen LogP contribution in [0.1, 0.15) is 36.8 Å². The van der Waals surface area contributed by atoms with Gasteiger partial charge < -0.3 is 23.8 Å². The molecule has 27 heavy (non-hydrogen) atoms. The number of rotatable bonds is 6. The Morgan fingerprint density at radius 3 is 2.48 bits per heavy atom. The summed E-state index contributed by atoms with van der Waals surface area (Å²) in [6.45, 7) is 4.84. The lowest BCUT2D eigenvalue weighted by Gasteiger charge is -2.38. The SMILES string of the molecule is COC(=O)c1cc(OC)c(CN(CC2(F)COC2)C(=O)OC(C)(C)C)cn1. The second-order valence-electron chi connectivity index (χ2n) is 7.35. The fourth-order valence-electron chi connectivity index (χ4n) is 2.46. The highest BCUT2D eigenvalue weighted by molar-refractivity contribution is 5.87. The van der Waals surface area contributed by atoms with E-state index in [1.165, 1.54) is 31.4 Å². The van der Waals surface area contributed by atoms with Crippen molar-refractivity contribution >= 4 is 12.1 Å². The maximum atomic E-state index is 14.6. The average molecular weight is 384 g/mol.